The van der Waals surface area contributed by atoms with E-state index in [0.717, 1.165) is 16.9 Å². The molecule has 0 spiro atoms. The van der Waals surface area contributed by atoms with Crippen molar-refractivity contribution in [1.82, 2.24) is 4.98 Å². The summed E-state index contributed by atoms with van der Waals surface area (Å²) in [6, 6.07) is 12.5. The first-order valence-electron chi connectivity index (χ1n) is 8.43. The van der Waals surface area contributed by atoms with Crippen LogP contribution in [0.3, 0.4) is 0 Å². The van der Waals surface area contributed by atoms with E-state index < -0.39 is 5.97 Å². The van der Waals surface area contributed by atoms with Gasteiger partial charge < -0.3 is 9.84 Å². The number of pyridine rings is 1. The Morgan fingerprint density at radius 1 is 1.23 bits per heavy atom. The van der Waals surface area contributed by atoms with Crippen LogP contribution in [0.2, 0.25) is 5.02 Å². The first-order valence-corrected chi connectivity index (χ1v) is 8.81. The molecule has 1 heterocycles. The third-order valence-electron chi connectivity index (χ3n) is 4.11. The highest BCUT2D eigenvalue weighted by Gasteiger charge is 2.16. The molecule has 0 aliphatic rings. The molecule has 5 heteroatoms. The zero-order chi connectivity index (χ0) is 18.8. The van der Waals surface area contributed by atoms with Crippen molar-refractivity contribution in [3.63, 3.8) is 0 Å². The van der Waals surface area contributed by atoms with E-state index in [9.17, 15) is 9.90 Å². The summed E-state index contributed by atoms with van der Waals surface area (Å²) < 4.78 is 5.77. The molecule has 3 aromatic rings. The number of carboxylic acid groups (broad SMARTS) is 1. The molecule has 1 N–H and O–H groups in total. The molecule has 0 saturated heterocycles. The highest BCUT2D eigenvalue weighted by molar-refractivity contribution is 6.32. The van der Waals surface area contributed by atoms with Gasteiger partial charge in [-0.1, -0.05) is 43.6 Å². The van der Waals surface area contributed by atoms with E-state index in [2.05, 4.69) is 18.8 Å². The summed E-state index contributed by atoms with van der Waals surface area (Å²) in [6.45, 7) is 6.62. The smallest absolute Gasteiger partial charge is 0.336 e. The standard InChI is InChI=1S/C21H20ClNO3/c1-12(2)11-26-15-6-4-5-14(9-15)19-10-17(21(24)25)16-7-8-18(22)13(3)20(16)23-19/h4-10,12H,11H2,1-3H3,(H,24,25). The van der Waals surface area contributed by atoms with E-state index in [1.807, 2.05) is 31.2 Å². The van der Waals surface area contributed by atoms with Gasteiger partial charge >= 0.3 is 5.97 Å². The molecule has 2 aromatic carbocycles. The van der Waals surface area contributed by atoms with Gasteiger partial charge in [0.25, 0.3) is 0 Å². The summed E-state index contributed by atoms with van der Waals surface area (Å²) in [4.78, 5) is 16.4. The number of fused-ring (bicyclic) bond motifs is 1. The molecule has 0 saturated carbocycles. The number of benzene rings is 2. The number of ether oxygens (including phenoxy) is 1. The molecule has 0 radical (unpaired) electrons. The van der Waals surface area contributed by atoms with Gasteiger partial charge in [-0.25, -0.2) is 9.78 Å². The van der Waals surface area contributed by atoms with E-state index >= 15 is 0 Å². The van der Waals surface area contributed by atoms with Gasteiger partial charge in [-0.3, -0.25) is 0 Å². The van der Waals surface area contributed by atoms with Crippen LogP contribution in [0.1, 0.15) is 29.8 Å². The van der Waals surface area contributed by atoms with Crippen molar-refractivity contribution in [2.75, 3.05) is 6.61 Å². The molecule has 134 valence electrons. The Bertz CT molecular complexity index is 982. The Kier molecular flexibility index (Phi) is 5.14. The van der Waals surface area contributed by atoms with Crippen LogP contribution in [-0.4, -0.2) is 22.7 Å². The summed E-state index contributed by atoms with van der Waals surface area (Å²) in [7, 11) is 0. The van der Waals surface area contributed by atoms with Gasteiger partial charge in [0, 0.05) is 16.0 Å². The number of halogens is 1. The van der Waals surface area contributed by atoms with Crippen molar-refractivity contribution in [1.29, 1.82) is 0 Å². The number of aryl methyl sites for hydroxylation is 1. The van der Waals surface area contributed by atoms with Crippen molar-refractivity contribution in [2.24, 2.45) is 5.92 Å². The molecule has 0 bridgehead atoms. The third kappa shape index (κ3) is 3.65. The number of carboxylic acids is 1. The van der Waals surface area contributed by atoms with Crippen LogP contribution < -0.4 is 4.74 Å². The highest BCUT2D eigenvalue weighted by Crippen LogP contribution is 2.31. The minimum Gasteiger partial charge on any atom is -0.493 e. The largest absolute Gasteiger partial charge is 0.493 e. The molecule has 26 heavy (non-hydrogen) atoms. The second-order valence-electron chi connectivity index (χ2n) is 6.66. The monoisotopic (exact) mass is 369 g/mol. The van der Waals surface area contributed by atoms with E-state index in [4.69, 9.17) is 16.3 Å². The Hall–Kier alpha value is -2.59. The number of nitrogens with zero attached hydrogens (tertiary/aromatic N) is 1. The van der Waals surface area contributed by atoms with E-state index in [1.54, 1.807) is 18.2 Å². The molecule has 0 aliphatic carbocycles. The fraction of sp³-hybridized carbons (Fsp3) is 0.238. The number of hydrogen-bond donors (Lipinski definition) is 1. The van der Waals surface area contributed by atoms with E-state index in [-0.39, 0.29) is 5.56 Å². The van der Waals surface area contributed by atoms with Crippen LogP contribution in [0.25, 0.3) is 22.2 Å². The summed E-state index contributed by atoms with van der Waals surface area (Å²) >= 11 is 6.21. The molecule has 0 amide bonds. The van der Waals surface area contributed by atoms with Crippen LogP contribution in [0.4, 0.5) is 0 Å². The number of rotatable bonds is 5. The van der Waals surface area contributed by atoms with Crippen molar-refractivity contribution in [2.45, 2.75) is 20.8 Å². The van der Waals surface area contributed by atoms with Crippen LogP contribution >= 0.6 is 11.6 Å². The molecule has 0 fully saturated rings. The number of hydrogen-bond acceptors (Lipinski definition) is 3. The topological polar surface area (TPSA) is 59.4 Å². The number of aromatic carboxylic acids is 1. The maximum atomic E-state index is 11.8. The normalized spacial score (nSPS) is 11.1. The zero-order valence-corrected chi connectivity index (χ0v) is 15.7. The summed E-state index contributed by atoms with van der Waals surface area (Å²) in [5, 5.41) is 10.8. The number of carbonyl (C=O) groups is 1. The fourth-order valence-electron chi connectivity index (χ4n) is 2.74. The van der Waals surface area contributed by atoms with Crippen LogP contribution in [0.5, 0.6) is 5.75 Å². The maximum absolute atomic E-state index is 11.8. The molecule has 0 aliphatic heterocycles. The molecule has 0 atom stereocenters. The lowest BCUT2D eigenvalue weighted by atomic mass is 10.0. The van der Waals surface area contributed by atoms with Gasteiger partial charge in [0.2, 0.25) is 0 Å². The van der Waals surface area contributed by atoms with Crippen LogP contribution in [-0.2, 0) is 0 Å². The average molecular weight is 370 g/mol. The van der Waals surface area contributed by atoms with Crippen LogP contribution in [0, 0.1) is 12.8 Å². The van der Waals surface area contributed by atoms with Crippen molar-refractivity contribution in [3.05, 3.63) is 58.6 Å². The zero-order valence-electron chi connectivity index (χ0n) is 14.9. The minimum absolute atomic E-state index is 0.207. The van der Waals surface area contributed by atoms with Crippen LogP contribution in [0.15, 0.2) is 42.5 Å². The average Bonchev–Trinajstić information content (AvgIpc) is 2.62. The van der Waals surface area contributed by atoms with Gasteiger partial charge in [0.05, 0.1) is 23.4 Å². The third-order valence-corrected chi connectivity index (χ3v) is 4.52. The van der Waals surface area contributed by atoms with Gasteiger partial charge in [-0.2, -0.15) is 0 Å². The lowest BCUT2D eigenvalue weighted by Gasteiger charge is -2.12. The Morgan fingerprint density at radius 2 is 2.00 bits per heavy atom. The van der Waals surface area contributed by atoms with Crippen molar-refractivity contribution in [3.8, 4) is 17.0 Å². The Morgan fingerprint density at radius 3 is 2.69 bits per heavy atom. The second-order valence-corrected chi connectivity index (χ2v) is 7.07. The van der Waals surface area contributed by atoms with Gasteiger partial charge in [-0.05, 0) is 42.7 Å². The summed E-state index contributed by atoms with van der Waals surface area (Å²) in [5.41, 5.74) is 2.95. The molecule has 0 unspecified atom stereocenters. The molecular formula is C21H20ClNO3. The Labute approximate surface area is 157 Å². The predicted octanol–water partition coefficient (Wildman–Crippen LogP) is 5.60. The van der Waals surface area contributed by atoms with E-state index in [0.29, 0.717) is 34.1 Å². The van der Waals surface area contributed by atoms with E-state index in [1.165, 1.54) is 0 Å². The lowest BCUT2D eigenvalue weighted by molar-refractivity contribution is 0.0699. The highest BCUT2D eigenvalue weighted by atomic mass is 35.5. The summed E-state index contributed by atoms with van der Waals surface area (Å²) in [5.74, 6) is 0.159. The molecule has 1 aromatic heterocycles. The van der Waals surface area contributed by atoms with Gasteiger partial charge in [0.1, 0.15) is 5.75 Å². The van der Waals surface area contributed by atoms with Gasteiger partial charge in [-0.15, -0.1) is 0 Å². The molecule has 3 rings (SSSR count). The second kappa shape index (κ2) is 7.34. The van der Waals surface area contributed by atoms with Crippen molar-refractivity contribution >= 4 is 28.5 Å². The minimum atomic E-state index is -0.993. The lowest BCUT2D eigenvalue weighted by Crippen LogP contribution is -2.04. The van der Waals surface area contributed by atoms with Crippen molar-refractivity contribution < 1.29 is 14.6 Å². The molecular weight excluding hydrogens is 350 g/mol. The fourth-order valence-corrected chi connectivity index (χ4v) is 2.89. The SMILES string of the molecule is Cc1c(Cl)ccc2c(C(=O)O)cc(-c3cccc(OCC(C)C)c3)nc12. The molecule has 4 nitrogen and oxygen atoms in total. The number of aromatic nitrogens is 1. The summed E-state index contributed by atoms with van der Waals surface area (Å²) in [6.07, 6.45) is 0. The van der Waals surface area contributed by atoms with Gasteiger partial charge in [0.15, 0.2) is 0 Å². The Balaban J connectivity index is 2.15. The first kappa shape index (κ1) is 18.2. The maximum Gasteiger partial charge on any atom is 0.336 e. The quantitative estimate of drug-likeness (QED) is 0.636. The predicted molar refractivity (Wildman–Crippen MR) is 104 cm³/mol. The first-order chi connectivity index (χ1) is 12.4.